The molecule has 0 saturated carbocycles. The number of rotatable bonds is 2. The number of aromatic amines is 2. The number of fused-ring (bicyclic) bond motifs is 1. The molecule has 1 unspecified atom stereocenters. The highest BCUT2D eigenvalue weighted by Crippen LogP contribution is 2.35. The van der Waals surface area contributed by atoms with E-state index in [1.807, 2.05) is 0 Å². The van der Waals surface area contributed by atoms with Gasteiger partial charge in [-0.1, -0.05) is 27.5 Å². The van der Waals surface area contributed by atoms with Gasteiger partial charge in [0, 0.05) is 14.9 Å². The van der Waals surface area contributed by atoms with E-state index in [4.69, 9.17) is 11.6 Å². The molecular formula is C12H8BrClN2O2S. The Balaban J connectivity index is 2.13. The second kappa shape index (κ2) is 4.79. The van der Waals surface area contributed by atoms with Crippen molar-refractivity contribution in [1.82, 2.24) is 9.97 Å². The van der Waals surface area contributed by atoms with Crippen LogP contribution in [0.2, 0.25) is 4.34 Å². The van der Waals surface area contributed by atoms with Gasteiger partial charge in [-0.15, -0.1) is 11.3 Å². The molecule has 0 amide bonds. The summed E-state index contributed by atoms with van der Waals surface area (Å²) in [6.45, 7) is 0. The number of thiophene rings is 1. The number of nitrogens with one attached hydrogen (secondary N) is 2. The average Bonchev–Trinajstić information content (AvgIpc) is 2.92. The van der Waals surface area contributed by atoms with E-state index >= 15 is 0 Å². The molecule has 0 aliphatic heterocycles. The van der Waals surface area contributed by atoms with Crippen LogP contribution in [0.5, 0.6) is 0 Å². The maximum Gasteiger partial charge on any atom is 0.323 e. The lowest BCUT2D eigenvalue weighted by Gasteiger charge is -2.11. The first-order valence-corrected chi connectivity index (χ1v) is 7.38. The normalized spacial score (nSPS) is 13.0. The van der Waals surface area contributed by atoms with Crippen LogP contribution in [0.3, 0.4) is 0 Å². The first kappa shape index (κ1) is 12.9. The van der Waals surface area contributed by atoms with E-state index in [2.05, 4.69) is 25.9 Å². The standard InChI is InChI=1S/C12H8BrClN2O2S/c13-6-4-8-7(15-12(18)16-8)3-5(6)11(17)9-1-2-10(14)19-9/h1-4,11,17H,(H2,15,16,18). The number of benzene rings is 1. The van der Waals surface area contributed by atoms with Crippen molar-refractivity contribution in [2.45, 2.75) is 6.10 Å². The third kappa shape index (κ3) is 2.36. The van der Waals surface area contributed by atoms with Gasteiger partial charge >= 0.3 is 5.69 Å². The van der Waals surface area contributed by atoms with Crippen molar-refractivity contribution >= 4 is 49.9 Å². The van der Waals surface area contributed by atoms with Crippen molar-refractivity contribution < 1.29 is 5.11 Å². The molecule has 2 heterocycles. The van der Waals surface area contributed by atoms with Gasteiger partial charge in [0.25, 0.3) is 0 Å². The molecule has 1 atom stereocenters. The second-order valence-electron chi connectivity index (χ2n) is 4.04. The fourth-order valence-corrected chi connectivity index (χ4v) is 3.54. The van der Waals surface area contributed by atoms with Crippen molar-refractivity contribution in [2.75, 3.05) is 0 Å². The zero-order valence-corrected chi connectivity index (χ0v) is 12.6. The summed E-state index contributed by atoms with van der Waals surface area (Å²) < 4.78 is 1.36. The van der Waals surface area contributed by atoms with Crippen LogP contribution in [0.1, 0.15) is 16.5 Å². The van der Waals surface area contributed by atoms with Crippen LogP contribution in [-0.2, 0) is 0 Å². The summed E-state index contributed by atoms with van der Waals surface area (Å²) >= 11 is 10.6. The van der Waals surface area contributed by atoms with Gasteiger partial charge in [-0.05, 0) is 24.3 Å². The molecule has 3 N–H and O–H groups in total. The molecule has 0 radical (unpaired) electrons. The predicted octanol–water partition coefficient (Wildman–Crippen LogP) is 3.42. The van der Waals surface area contributed by atoms with Gasteiger partial charge in [0.2, 0.25) is 0 Å². The Kier molecular flexibility index (Phi) is 3.26. The Labute approximate surface area is 125 Å². The number of aliphatic hydroxyl groups is 1. The van der Waals surface area contributed by atoms with Crippen LogP contribution >= 0.6 is 38.9 Å². The molecule has 7 heteroatoms. The molecule has 0 saturated heterocycles. The molecule has 0 spiro atoms. The quantitative estimate of drug-likeness (QED) is 0.656. The molecule has 0 aliphatic carbocycles. The van der Waals surface area contributed by atoms with Crippen molar-refractivity contribution in [3.05, 3.63) is 54.0 Å². The maximum absolute atomic E-state index is 11.3. The van der Waals surface area contributed by atoms with Gasteiger partial charge in [0.15, 0.2) is 0 Å². The fraction of sp³-hybridized carbons (Fsp3) is 0.0833. The molecule has 19 heavy (non-hydrogen) atoms. The van der Waals surface area contributed by atoms with Crippen LogP contribution in [0.25, 0.3) is 11.0 Å². The van der Waals surface area contributed by atoms with Gasteiger partial charge in [0.1, 0.15) is 6.10 Å². The molecule has 1 aromatic carbocycles. The Morgan fingerprint density at radius 1 is 1.26 bits per heavy atom. The maximum atomic E-state index is 11.3. The number of halogens is 2. The van der Waals surface area contributed by atoms with E-state index in [0.29, 0.717) is 20.9 Å². The highest BCUT2D eigenvalue weighted by atomic mass is 79.9. The van der Waals surface area contributed by atoms with Gasteiger partial charge in [0.05, 0.1) is 15.4 Å². The van der Waals surface area contributed by atoms with Crippen LogP contribution in [0, 0.1) is 0 Å². The minimum atomic E-state index is -0.783. The van der Waals surface area contributed by atoms with Gasteiger partial charge in [-0.25, -0.2) is 4.79 Å². The van der Waals surface area contributed by atoms with Crippen molar-refractivity contribution in [3.63, 3.8) is 0 Å². The Hall–Kier alpha value is -1.08. The topological polar surface area (TPSA) is 68.9 Å². The Bertz CT molecular complexity index is 808. The molecule has 3 aromatic rings. The molecule has 2 aromatic heterocycles. The lowest BCUT2D eigenvalue weighted by molar-refractivity contribution is 0.223. The first-order chi connectivity index (χ1) is 9.04. The van der Waals surface area contributed by atoms with Crippen LogP contribution in [0.15, 0.2) is 33.5 Å². The summed E-state index contributed by atoms with van der Waals surface area (Å²) in [5, 5.41) is 10.4. The number of aliphatic hydroxyl groups excluding tert-OH is 1. The number of imidazole rings is 1. The van der Waals surface area contributed by atoms with Gasteiger partial charge < -0.3 is 15.1 Å². The van der Waals surface area contributed by atoms with E-state index in [1.54, 1.807) is 24.3 Å². The smallest absolute Gasteiger partial charge is 0.323 e. The first-order valence-electron chi connectivity index (χ1n) is 5.39. The van der Waals surface area contributed by atoms with Crippen molar-refractivity contribution in [1.29, 1.82) is 0 Å². The summed E-state index contributed by atoms with van der Waals surface area (Å²) in [6.07, 6.45) is -0.783. The number of H-pyrrole nitrogens is 2. The van der Waals surface area contributed by atoms with Gasteiger partial charge in [-0.3, -0.25) is 0 Å². The third-order valence-corrected chi connectivity index (χ3v) is 4.76. The van der Waals surface area contributed by atoms with E-state index < -0.39 is 6.10 Å². The largest absolute Gasteiger partial charge is 0.383 e. The van der Waals surface area contributed by atoms with E-state index in [-0.39, 0.29) is 5.69 Å². The molecule has 4 nitrogen and oxygen atoms in total. The summed E-state index contributed by atoms with van der Waals surface area (Å²) in [5.41, 5.74) is 1.76. The molecule has 0 aliphatic rings. The lowest BCUT2D eigenvalue weighted by Crippen LogP contribution is -1.99. The monoisotopic (exact) mass is 358 g/mol. The summed E-state index contributed by atoms with van der Waals surface area (Å²) in [7, 11) is 0. The molecule has 98 valence electrons. The second-order valence-corrected chi connectivity index (χ2v) is 6.64. The van der Waals surface area contributed by atoms with E-state index in [0.717, 1.165) is 9.35 Å². The fourth-order valence-electron chi connectivity index (χ4n) is 1.91. The highest BCUT2D eigenvalue weighted by molar-refractivity contribution is 9.10. The minimum Gasteiger partial charge on any atom is -0.383 e. The molecule has 0 bridgehead atoms. The highest BCUT2D eigenvalue weighted by Gasteiger charge is 2.17. The SMILES string of the molecule is O=c1[nH]c2cc(Br)c(C(O)c3ccc(Cl)s3)cc2[nH]1. The van der Waals surface area contributed by atoms with Crippen molar-refractivity contribution in [2.24, 2.45) is 0 Å². The lowest BCUT2D eigenvalue weighted by atomic mass is 10.1. The third-order valence-electron chi connectivity index (χ3n) is 2.79. The Morgan fingerprint density at radius 3 is 2.58 bits per heavy atom. The van der Waals surface area contributed by atoms with Crippen molar-refractivity contribution in [3.8, 4) is 0 Å². The number of aromatic nitrogens is 2. The zero-order chi connectivity index (χ0) is 13.6. The minimum absolute atomic E-state index is 0.271. The van der Waals surface area contributed by atoms with E-state index in [9.17, 15) is 9.90 Å². The summed E-state index contributed by atoms with van der Waals surface area (Å²) in [4.78, 5) is 17.3. The number of hydrogen-bond donors (Lipinski definition) is 3. The molecule has 3 rings (SSSR count). The summed E-state index contributed by atoms with van der Waals surface area (Å²) in [5.74, 6) is 0. The Morgan fingerprint density at radius 2 is 1.95 bits per heavy atom. The molecule has 0 fully saturated rings. The van der Waals surface area contributed by atoms with E-state index in [1.165, 1.54) is 11.3 Å². The predicted molar refractivity (Wildman–Crippen MR) is 80.0 cm³/mol. The zero-order valence-electron chi connectivity index (χ0n) is 9.41. The van der Waals surface area contributed by atoms with Crippen LogP contribution in [0.4, 0.5) is 0 Å². The van der Waals surface area contributed by atoms with Crippen LogP contribution in [-0.4, -0.2) is 15.1 Å². The number of hydrogen-bond acceptors (Lipinski definition) is 3. The van der Waals surface area contributed by atoms with Gasteiger partial charge in [-0.2, -0.15) is 0 Å². The molecular weight excluding hydrogens is 352 g/mol. The average molecular weight is 360 g/mol. The summed E-state index contributed by atoms with van der Waals surface area (Å²) in [6, 6.07) is 7.04. The van der Waals surface area contributed by atoms with Crippen LogP contribution < -0.4 is 5.69 Å².